The van der Waals surface area contributed by atoms with E-state index in [2.05, 4.69) is 51.1 Å². The lowest BCUT2D eigenvalue weighted by molar-refractivity contribution is -0.0330. The van der Waals surface area contributed by atoms with Crippen LogP contribution in [0.1, 0.15) is 52.0 Å². The molecule has 1 fully saturated rings. The quantitative estimate of drug-likeness (QED) is 0.751. The minimum absolute atomic E-state index is 0.0872. The Morgan fingerprint density at radius 3 is 2.29 bits per heavy atom. The molecule has 94 valence electrons. The van der Waals surface area contributed by atoms with Crippen molar-refractivity contribution in [3.05, 3.63) is 35.9 Å². The van der Waals surface area contributed by atoms with Crippen LogP contribution in [0.5, 0.6) is 0 Å². The van der Waals surface area contributed by atoms with Crippen LogP contribution in [0.15, 0.2) is 30.3 Å². The summed E-state index contributed by atoms with van der Waals surface area (Å²) in [5.41, 5.74) is 1.45. The maximum atomic E-state index is 6.23. The zero-order valence-electron chi connectivity index (χ0n) is 11.3. The Morgan fingerprint density at radius 1 is 1.12 bits per heavy atom. The van der Waals surface area contributed by atoms with Crippen molar-refractivity contribution in [3.8, 4) is 0 Å². The molecule has 1 aromatic carbocycles. The van der Waals surface area contributed by atoms with Crippen LogP contribution in [0, 0.1) is 0 Å². The highest BCUT2D eigenvalue weighted by Crippen LogP contribution is 2.32. The Balaban J connectivity index is 2.03. The molecule has 0 radical (unpaired) electrons. The van der Waals surface area contributed by atoms with Crippen molar-refractivity contribution in [1.29, 1.82) is 0 Å². The molecule has 0 N–H and O–H groups in total. The van der Waals surface area contributed by atoms with E-state index in [4.69, 9.17) is 4.74 Å². The van der Waals surface area contributed by atoms with E-state index in [0.717, 1.165) is 0 Å². The third-order valence-electron chi connectivity index (χ3n) is 4.23. The Kier molecular flexibility index (Phi) is 3.88. The fourth-order valence-electron chi connectivity index (χ4n) is 2.59. The number of ether oxygens (including phenoxy) is 1. The van der Waals surface area contributed by atoms with Crippen molar-refractivity contribution < 1.29 is 4.74 Å². The highest BCUT2D eigenvalue weighted by Gasteiger charge is 2.31. The maximum Gasteiger partial charge on any atom is 0.0641 e. The van der Waals surface area contributed by atoms with Gasteiger partial charge in [-0.25, -0.2) is 0 Å². The van der Waals surface area contributed by atoms with Gasteiger partial charge in [0, 0.05) is 5.41 Å². The summed E-state index contributed by atoms with van der Waals surface area (Å²) in [6, 6.07) is 10.7. The molecule has 0 spiro atoms. The van der Waals surface area contributed by atoms with Gasteiger partial charge < -0.3 is 4.74 Å². The highest BCUT2D eigenvalue weighted by molar-refractivity contribution is 5.24. The Hall–Kier alpha value is -0.820. The van der Waals surface area contributed by atoms with E-state index >= 15 is 0 Å². The Bertz CT molecular complexity index is 336. The van der Waals surface area contributed by atoms with E-state index in [-0.39, 0.29) is 11.5 Å². The van der Waals surface area contributed by atoms with Gasteiger partial charge >= 0.3 is 0 Å². The van der Waals surface area contributed by atoms with E-state index < -0.39 is 0 Å². The normalized spacial score (nSPS) is 19.5. The van der Waals surface area contributed by atoms with Gasteiger partial charge in [0.05, 0.1) is 12.2 Å². The molecule has 0 saturated heterocycles. The van der Waals surface area contributed by atoms with E-state index in [1.807, 2.05) is 0 Å². The second-order valence-electron chi connectivity index (χ2n) is 5.77. The molecule has 0 amide bonds. The van der Waals surface area contributed by atoms with Crippen LogP contribution >= 0.6 is 0 Å². The van der Waals surface area contributed by atoms with E-state index in [1.165, 1.54) is 31.2 Å². The van der Waals surface area contributed by atoms with Crippen LogP contribution in [0.25, 0.3) is 0 Å². The van der Waals surface area contributed by atoms with Crippen molar-refractivity contribution in [2.45, 2.75) is 64.1 Å². The number of hydrogen-bond donors (Lipinski definition) is 0. The topological polar surface area (TPSA) is 9.23 Å². The molecule has 1 unspecified atom stereocenters. The molecule has 1 nitrogen and oxygen atoms in total. The average Bonchev–Trinajstić information content (AvgIpc) is 2.83. The standard InChI is InChI=1S/C16H24O/c1-13(17-15-11-7-8-12-15)16(2,3)14-9-5-4-6-10-14/h4-6,9-10,13,15H,7-8,11-12H2,1-3H3. The minimum Gasteiger partial charge on any atom is -0.374 e. The van der Waals surface area contributed by atoms with Crippen LogP contribution in [0.3, 0.4) is 0 Å². The molecule has 0 bridgehead atoms. The van der Waals surface area contributed by atoms with Gasteiger partial charge in [0.15, 0.2) is 0 Å². The molecule has 0 aromatic heterocycles. The zero-order valence-corrected chi connectivity index (χ0v) is 11.3. The maximum absolute atomic E-state index is 6.23. The fourth-order valence-corrected chi connectivity index (χ4v) is 2.59. The van der Waals surface area contributed by atoms with Crippen LogP contribution in [0.2, 0.25) is 0 Å². The lowest BCUT2D eigenvalue weighted by Gasteiger charge is -2.34. The third-order valence-corrected chi connectivity index (χ3v) is 4.23. The Morgan fingerprint density at radius 2 is 1.71 bits per heavy atom. The summed E-state index contributed by atoms with van der Waals surface area (Å²) in [6.45, 7) is 6.77. The van der Waals surface area contributed by atoms with Gasteiger partial charge in [0.2, 0.25) is 0 Å². The van der Waals surface area contributed by atoms with Crippen molar-refractivity contribution in [2.75, 3.05) is 0 Å². The summed E-state index contributed by atoms with van der Waals surface area (Å²) < 4.78 is 6.23. The van der Waals surface area contributed by atoms with Gasteiger partial charge in [-0.2, -0.15) is 0 Å². The molecule has 0 aliphatic heterocycles. The smallest absolute Gasteiger partial charge is 0.0641 e. The lowest BCUT2D eigenvalue weighted by atomic mass is 9.80. The minimum atomic E-state index is 0.0872. The first kappa shape index (κ1) is 12.6. The molecule has 1 aliphatic rings. The summed E-state index contributed by atoms with van der Waals surface area (Å²) in [7, 11) is 0. The molecular formula is C16H24O. The van der Waals surface area contributed by atoms with Crippen LogP contribution < -0.4 is 0 Å². The van der Waals surface area contributed by atoms with Gasteiger partial charge in [0.25, 0.3) is 0 Å². The van der Waals surface area contributed by atoms with Crippen LogP contribution in [-0.4, -0.2) is 12.2 Å². The highest BCUT2D eigenvalue weighted by atomic mass is 16.5. The molecule has 1 atom stereocenters. The first-order chi connectivity index (χ1) is 8.10. The van der Waals surface area contributed by atoms with Gasteiger partial charge in [-0.15, -0.1) is 0 Å². The monoisotopic (exact) mass is 232 g/mol. The average molecular weight is 232 g/mol. The largest absolute Gasteiger partial charge is 0.374 e. The third kappa shape index (κ3) is 2.90. The number of hydrogen-bond acceptors (Lipinski definition) is 1. The van der Waals surface area contributed by atoms with Crippen LogP contribution in [0.4, 0.5) is 0 Å². The molecule has 0 heterocycles. The first-order valence-corrected chi connectivity index (χ1v) is 6.81. The molecular weight excluding hydrogens is 208 g/mol. The second-order valence-corrected chi connectivity index (χ2v) is 5.77. The predicted molar refractivity (Wildman–Crippen MR) is 72.3 cm³/mol. The summed E-state index contributed by atoms with van der Waals surface area (Å²) >= 11 is 0. The molecule has 1 heteroatoms. The second kappa shape index (κ2) is 5.22. The van der Waals surface area contributed by atoms with E-state index in [0.29, 0.717) is 6.10 Å². The van der Waals surface area contributed by atoms with Gasteiger partial charge in [-0.3, -0.25) is 0 Å². The van der Waals surface area contributed by atoms with Crippen LogP contribution in [-0.2, 0) is 10.2 Å². The predicted octanol–water partition coefficient (Wildman–Crippen LogP) is 4.31. The molecule has 1 aliphatic carbocycles. The molecule has 2 rings (SSSR count). The van der Waals surface area contributed by atoms with Gasteiger partial charge in [-0.05, 0) is 25.3 Å². The number of rotatable bonds is 4. The zero-order chi connectivity index (χ0) is 12.3. The van der Waals surface area contributed by atoms with Crippen molar-refractivity contribution in [1.82, 2.24) is 0 Å². The van der Waals surface area contributed by atoms with Gasteiger partial charge in [0.1, 0.15) is 0 Å². The van der Waals surface area contributed by atoms with E-state index in [9.17, 15) is 0 Å². The van der Waals surface area contributed by atoms with Crippen molar-refractivity contribution in [2.24, 2.45) is 0 Å². The number of benzene rings is 1. The van der Waals surface area contributed by atoms with Crippen molar-refractivity contribution in [3.63, 3.8) is 0 Å². The van der Waals surface area contributed by atoms with Gasteiger partial charge in [-0.1, -0.05) is 57.0 Å². The first-order valence-electron chi connectivity index (χ1n) is 6.81. The van der Waals surface area contributed by atoms with Crippen molar-refractivity contribution >= 4 is 0 Å². The summed E-state index contributed by atoms with van der Waals surface area (Å²) in [4.78, 5) is 0. The molecule has 17 heavy (non-hydrogen) atoms. The fraction of sp³-hybridized carbons (Fsp3) is 0.625. The summed E-state index contributed by atoms with van der Waals surface area (Å²) in [6.07, 6.45) is 5.93. The summed E-state index contributed by atoms with van der Waals surface area (Å²) in [5, 5.41) is 0. The molecule has 1 saturated carbocycles. The SMILES string of the molecule is CC(OC1CCCC1)C(C)(C)c1ccccc1. The lowest BCUT2D eigenvalue weighted by Crippen LogP contribution is -2.35. The Labute approximate surface area is 105 Å². The van der Waals surface area contributed by atoms with E-state index in [1.54, 1.807) is 0 Å². The summed E-state index contributed by atoms with van der Waals surface area (Å²) in [5.74, 6) is 0. The molecule has 1 aromatic rings.